The number of rotatable bonds is 5. The average molecular weight is 373 g/mol. The van der Waals surface area contributed by atoms with Gasteiger partial charge in [-0.3, -0.25) is 14.7 Å². The van der Waals surface area contributed by atoms with E-state index in [9.17, 15) is 4.79 Å². The molecule has 0 aliphatic carbocycles. The maximum absolute atomic E-state index is 13.1. The lowest BCUT2D eigenvalue weighted by molar-refractivity contribution is 0.0993. The van der Waals surface area contributed by atoms with Gasteiger partial charge in [0.1, 0.15) is 5.75 Å². The third-order valence-corrected chi connectivity index (χ3v) is 5.04. The Morgan fingerprint density at radius 1 is 1.04 bits per heavy atom. The number of methoxy groups -OCH3 is 1. The van der Waals surface area contributed by atoms with Gasteiger partial charge in [0.25, 0.3) is 5.91 Å². The molecule has 4 rings (SSSR count). The molecular weight excluding hydrogens is 350 g/mol. The van der Waals surface area contributed by atoms with Crippen LogP contribution in [0, 0.1) is 0 Å². The minimum Gasteiger partial charge on any atom is -0.497 e. The van der Waals surface area contributed by atoms with E-state index in [1.165, 1.54) is 5.56 Å². The minimum absolute atomic E-state index is 0.0652. The van der Waals surface area contributed by atoms with Crippen LogP contribution >= 0.6 is 0 Å². The van der Waals surface area contributed by atoms with Crippen molar-refractivity contribution in [3.05, 3.63) is 83.7 Å². The van der Waals surface area contributed by atoms with Gasteiger partial charge in [0.2, 0.25) is 0 Å². The molecule has 0 unspecified atom stereocenters. The summed E-state index contributed by atoms with van der Waals surface area (Å²) < 4.78 is 5.24. The molecule has 2 heterocycles. The van der Waals surface area contributed by atoms with Crippen LogP contribution in [-0.4, -0.2) is 18.0 Å². The molecule has 1 atom stereocenters. The predicted molar refractivity (Wildman–Crippen MR) is 111 cm³/mol. The van der Waals surface area contributed by atoms with E-state index in [0.717, 1.165) is 22.8 Å². The van der Waals surface area contributed by atoms with Gasteiger partial charge in [-0.25, -0.2) is 0 Å². The molecule has 0 radical (unpaired) electrons. The van der Waals surface area contributed by atoms with Gasteiger partial charge >= 0.3 is 0 Å². The summed E-state index contributed by atoms with van der Waals surface area (Å²) in [5, 5.41) is 3.48. The Morgan fingerprint density at radius 3 is 2.39 bits per heavy atom. The number of pyridine rings is 1. The number of anilines is 2. The van der Waals surface area contributed by atoms with Crippen LogP contribution in [0.3, 0.4) is 0 Å². The Kier molecular flexibility index (Phi) is 4.74. The van der Waals surface area contributed by atoms with Crippen molar-refractivity contribution in [2.24, 2.45) is 0 Å². The summed E-state index contributed by atoms with van der Waals surface area (Å²) in [5.74, 6) is 1.16. The highest BCUT2D eigenvalue weighted by Gasteiger charge is 2.39. The van der Waals surface area contributed by atoms with Crippen molar-refractivity contribution in [1.29, 1.82) is 0 Å². The van der Waals surface area contributed by atoms with E-state index >= 15 is 0 Å². The van der Waals surface area contributed by atoms with Crippen molar-refractivity contribution in [3.63, 3.8) is 0 Å². The number of nitrogens with one attached hydrogen (secondary N) is 1. The third-order valence-electron chi connectivity index (χ3n) is 5.04. The number of hydrogen-bond donors (Lipinski definition) is 1. The van der Waals surface area contributed by atoms with Crippen molar-refractivity contribution < 1.29 is 9.53 Å². The second-order valence-electron chi connectivity index (χ2n) is 7.13. The molecule has 5 heteroatoms. The normalized spacial score (nSPS) is 15.6. The van der Waals surface area contributed by atoms with Crippen LogP contribution in [0.2, 0.25) is 0 Å². The SMILES string of the molecule is COc1ccc(N2C(=O)c3cccnc3[C@H]2Nc2ccc(C(C)C)cc2)cc1. The number of carbonyl (C=O) groups is 1. The third kappa shape index (κ3) is 3.20. The lowest BCUT2D eigenvalue weighted by Gasteiger charge is -2.27. The van der Waals surface area contributed by atoms with Gasteiger partial charge < -0.3 is 10.1 Å². The summed E-state index contributed by atoms with van der Waals surface area (Å²) in [6.45, 7) is 4.34. The number of amides is 1. The summed E-state index contributed by atoms with van der Waals surface area (Å²) >= 11 is 0. The number of carbonyl (C=O) groups excluding carboxylic acids is 1. The summed E-state index contributed by atoms with van der Waals surface area (Å²) in [7, 11) is 1.63. The smallest absolute Gasteiger partial charge is 0.262 e. The summed E-state index contributed by atoms with van der Waals surface area (Å²) in [6.07, 6.45) is 1.35. The number of benzene rings is 2. The van der Waals surface area contributed by atoms with Crippen molar-refractivity contribution >= 4 is 17.3 Å². The first-order chi connectivity index (χ1) is 13.6. The maximum atomic E-state index is 13.1. The molecule has 142 valence electrons. The standard InChI is InChI=1S/C23H23N3O2/c1-15(2)16-6-8-17(9-7-16)25-22-21-20(5-4-14-24-21)23(27)26(22)18-10-12-19(28-3)13-11-18/h4-15,22,25H,1-3H3/t22-/m0/s1. The number of aromatic nitrogens is 1. The highest BCUT2D eigenvalue weighted by Crippen LogP contribution is 2.37. The second kappa shape index (κ2) is 7.35. The molecule has 3 aromatic rings. The Morgan fingerprint density at radius 2 is 1.75 bits per heavy atom. The Balaban J connectivity index is 1.70. The summed E-state index contributed by atoms with van der Waals surface area (Å²) in [6, 6.07) is 19.4. The van der Waals surface area contributed by atoms with E-state index in [0.29, 0.717) is 11.5 Å². The van der Waals surface area contributed by atoms with Crippen LogP contribution in [0.5, 0.6) is 5.75 Å². The zero-order valence-electron chi connectivity index (χ0n) is 16.2. The van der Waals surface area contributed by atoms with Crippen LogP contribution in [0.1, 0.15) is 47.5 Å². The Bertz CT molecular complexity index is 981. The molecule has 0 fully saturated rings. The van der Waals surface area contributed by atoms with Crippen LogP contribution in [0.15, 0.2) is 66.9 Å². The van der Waals surface area contributed by atoms with Crippen molar-refractivity contribution in [2.45, 2.75) is 25.9 Å². The van der Waals surface area contributed by atoms with Gasteiger partial charge in [0.15, 0.2) is 6.17 Å². The molecule has 0 saturated heterocycles. The van der Waals surface area contributed by atoms with E-state index in [-0.39, 0.29) is 12.1 Å². The molecule has 1 aliphatic rings. The van der Waals surface area contributed by atoms with Crippen LogP contribution < -0.4 is 15.0 Å². The molecule has 1 aromatic heterocycles. The van der Waals surface area contributed by atoms with Gasteiger partial charge in [-0.15, -0.1) is 0 Å². The number of nitrogens with zero attached hydrogens (tertiary/aromatic N) is 2. The molecule has 0 spiro atoms. The topological polar surface area (TPSA) is 54.5 Å². The molecular formula is C23H23N3O2. The lowest BCUT2D eigenvalue weighted by Crippen LogP contribution is -2.32. The zero-order chi connectivity index (χ0) is 19.7. The molecule has 0 saturated carbocycles. The molecule has 1 N–H and O–H groups in total. The molecule has 2 aromatic carbocycles. The van der Waals surface area contributed by atoms with Gasteiger partial charge in [-0.2, -0.15) is 0 Å². The van der Waals surface area contributed by atoms with Gasteiger partial charge in [0.05, 0.1) is 18.4 Å². The van der Waals surface area contributed by atoms with E-state index in [1.54, 1.807) is 24.3 Å². The van der Waals surface area contributed by atoms with Crippen molar-refractivity contribution in [3.8, 4) is 5.75 Å². The van der Waals surface area contributed by atoms with Crippen LogP contribution in [0.25, 0.3) is 0 Å². The molecule has 28 heavy (non-hydrogen) atoms. The summed E-state index contributed by atoms with van der Waals surface area (Å²) in [5.41, 5.74) is 4.36. The van der Waals surface area contributed by atoms with Crippen LogP contribution in [-0.2, 0) is 0 Å². The van der Waals surface area contributed by atoms with Crippen molar-refractivity contribution in [2.75, 3.05) is 17.3 Å². The fourth-order valence-electron chi connectivity index (χ4n) is 3.45. The fraction of sp³-hybridized carbons (Fsp3) is 0.217. The molecule has 1 aliphatic heterocycles. The van der Waals surface area contributed by atoms with E-state index in [4.69, 9.17) is 4.74 Å². The molecule has 0 bridgehead atoms. The first-order valence-corrected chi connectivity index (χ1v) is 9.37. The monoisotopic (exact) mass is 373 g/mol. The first kappa shape index (κ1) is 18.0. The second-order valence-corrected chi connectivity index (χ2v) is 7.13. The number of hydrogen-bond acceptors (Lipinski definition) is 4. The predicted octanol–water partition coefficient (Wildman–Crippen LogP) is 4.98. The lowest BCUT2D eigenvalue weighted by atomic mass is 10.0. The van der Waals surface area contributed by atoms with E-state index in [2.05, 4.69) is 36.3 Å². The average Bonchev–Trinajstić information content (AvgIpc) is 3.00. The zero-order valence-corrected chi connectivity index (χ0v) is 16.2. The maximum Gasteiger partial charge on any atom is 0.262 e. The number of ether oxygens (including phenoxy) is 1. The van der Waals surface area contributed by atoms with Gasteiger partial charge in [-0.05, 0) is 60.0 Å². The Hall–Kier alpha value is -3.34. The first-order valence-electron chi connectivity index (χ1n) is 9.37. The molecule has 5 nitrogen and oxygen atoms in total. The van der Waals surface area contributed by atoms with E-state index in [1.807, 2.05) is 42.5 Å². The minimum atomic E-state index is -0.373. The van der Waals surface area contributed by atoms with Crippen LogP contribution in [0.4, 0.5) is 11.4 Å². The highest BCUT2D eigenvalue weighted by molar-refractivity contribution is 6.11. The van der Waals surface area contributed by atoms with Gasteiger partial charge in [0, 0.05) is 17.6 Å². The largest absolute Gasteiger partial charge is 0.497 e. The quantitative estimate of drug-likeness (QED) is 0.685. The molecule has 1 amide bonds. The summed E-state index contributed by atoms with van der Waals surface area (Å²) in [4.78, 5) is 19.3. The fourth-order valence-corrected chi connectivity index (χ4v) is 3.45. The van der Waals surface area contributed by atoms with Crippen molar-refractivity contribution in [1.82, 2.24) is 4.98 Å². The highest BCUT2D eigenvalue weighted by atomic mass is 16.5. The number of fused-ring (bicyclic) bond motifs is 1. The Labute approximate surface area is 165 Å². The van der Waals surface area contributed by atoms with Gasteiger partial charge in [-0.1, -0.05) is 26.0 Å². The van der Waals surface area contributed by atoms with E-state index < -0.39 is 0 Å².